The summed E-state index contributed by atoms with van der Waals surface area (Å²) < 4.78 is 5.77. The molecule has 2 heteroatoms. The molecule has 1 aliphatic carbocycles. The summed E-state index contributed by atoms with van der Waals surface area (Å²) in [4.78, 5) is 0. The van der Waals surface area contributed by atoms with Crippen LogP contribution in [0.4, 0.5) is 0 Å². The second kappa shape index (κ2) is 7.26. The third-order valence-electron chi connectivity index (χ3n) is 5.17. The maximum atomic E-state index is 5.77. The highest BCUT2D eigenvalue weighted by Gasteiger charge is 2.32. The third-order valence-corrected chi connectivity index (χ3v) is 5.17. The molecule has 0 amide bonds. The van der Waals surface area contributed by atoms with Crippen LogP contribution < -0.4 is 5.32 Å². The van der Waals surface area contributed by atoms with Crippen molar-refractivity contribution in [3.63, 3.8) is 0 Å². The normalized spacial score (nSPS) is 26.9. The van der Waals surface area contributed by atoms with E-state index in [0.29, 0.717) is 11.5 Å². The van der Waals surface area contributed by atoms with Crippen LogP contribution in [0.5, 0.6) is 0 Å². The monoisotopic (exact) mass is 281 g/mol. The van der Waals surface area contributed by atoms with Gasteiger partial charge in [-0.3, -0.25) is 0 Å². The van der Waals surface area contributed by atoms with Gasteiger partial charge >= 0.3 is 0 Å². The molecule has 0 spiro atoms. The molecule has 2 rings (SSSR count). The van der Waals surface area contributed by atoms with Gasteiger partial charge in [0, 0.05) is 18.7 Å². The summed E-state index contributed by atoms with van der Waals surface area (Å²) in [5, 5.41) is 3.78. The molecule has 2 fully saturated rings. The molecule has 2 aliphatic rings. The molecule has 1 N–H and O–H groups in total. The number of nitrogens with one attached hydrogen (secondary N) is 1. The zero-order valence-electron chi connectivity index (χ0n) is 14.0. The van der Waals surface area contributed by atoms with Gasteiger partial charge in [0.05, 0.1) is 6.10 Å². The molecule has 0 radical (unpaired) electrons. The number of rotatable bonds is 6. The van der Waals surface area contributed by atoms with E-state index in [9.17, 15) is 0 Å². The van der Waals surface area contributed by atoms with Crippen molar-refractivity contribution in [1.29, 1.82) is 0 Å². The van der Waals surface area contributed by atoms with Gasteiger partial charge in [0.1, 0.15) is 0 Å². The van der Waals surface area contributed by atoms with Gasteiger partial charge in [-0.05, 0) is 64.7 Å². The minimum atomic E-state index is 0.249. The number of ether oxygens (including phenoxy) is 1. The zero-order chi connectivity index (χ0) is 14.5. The molecule has 0 aromatic carbocycles. The zero-order valence-corrected chi connectivity index (χ0v) is 14.0. The lowest BCUT2D eigenvalue weighted by Crippen LogP contribution is -2.44. The van der Waals surface area contributed by atoms with E-state index < -0.39 is 0 Å². The average Bonchev–Trinajstić information content (AvgIpc) is 2.90. The Bertz CT molecular complexity index is 270. The van der Waals surface area contributed by atoms with Crippen LogP contribution in [0.1, 0.15) is 85.0 Å². The first kappa shape index (κ1) is 16.3. The molecule has 1 atom stereocenters. The van der Waals surface area contributed by atoms with Crippen LogP contribution in [0.15, 0.2) is 0 Å². The first-order chi connectivity index (χ1) is 9.49. The molecule has 0 aromatic rings. The van der Waals surface area contributed by atoms with Crippen LogP contribution in [0.25, 0.3) is 0 Å². The van der Waals surface area contributed by atoms with Crippen molar-refractivity contribution in [1.82, 2.24) is 5.32 Å². The lowest BCUT2D eigenvalue weighted by Gasteiger charge is -2.40. The Kier molecular flexibility index (Phi) is 5.92. The summed E-state index contributed by atoms with van der Waals surface area (Å²) in [6.45, 7) is 9.07. The SMILES string of the molecule is CC(C)(C)NCC1(CCCC2CCCO2)CCCCC1. The van der Waals surface area contributed by atoms with Crippen LogP contribution in [-0.2, 0) is 4.74 Å². The van der Waals surface area contributed by atoms with Gasteiger partial charge in [-0.1, -0.05) is 25.7 Å². The molecule has 1 unspecified atom stereocenters. The minimum Gasteiger partial charge on any atom is -0.378 e. The molecular formula is C18H35NO. The highest BCUT2D eigenvalue weighted by atomic mass is 16.5. The highest BCUT2D eigenvalue weighted by molar-refractivity contribution is 4.87. The van der Waals surface area contributed by atoms with Gasteiger partial charge in [0.2, 0.25) is 0 Å². The van der Waals surface area contributed by atoms with E-state index in [-0.39, 0.29) is 5.54 Å². The number of hydrogen-bond acceptors (Lipinski definition) is 2. The Labute approximate surface area is 126 Å². The second-order valence-corrected chi connectivity index (χ2v) is 8.19. The molecule has 2 nitrogen and oxygen atoms in total. The number of hydrogen-bond donors (Lipinski definition) is 1. The quantitative estimate of drug-likeness (QED) is 0.763. The molecule has 1 saturated carbocycles. The van der Waals surface area contributed by atoms with Crippen molar-refractivity contribution < 1.29 is 4.74 Å². The molecule has 0 bridgehead atoms. The third kappa shape index (κ3) is 5.37. The highest BCUT2D eigenvalue weighted by Crippen LogP contribution is 2.40. The summed E-state index contributed by atoms with van der Waals surface area (Å²) in [5.41, 5.74) is 0.823. The molecule has 1 aliphatic heterocycles. The Hall–Kier alpha value is -0.0800. The smallest absolute Gasteiger partial charge is 0.0576 e. The van der Waals surface area contributed by atoms with Crippen LogP contribution in [0.3, 0.4) is 0 Å². The summed E-state index contributed by atoms with van der Waals surface area (Å²) in [5.74, 6) is 0. The van der Waals surface area contributed by atoms with Gasteiger partial charge in [-0.15, -0.1) is 0 Å². The molecule has 1 saturated heterocycles. The molecule has 0 aromatic heterocycles. The minimum absolute atomic E-state index is 0.249. The molecule has 20 heavy (non-hydrogen) atoms. The summed E-state index contributed by atoms with van der Waals surface area (Å²) >= 11 is 0. The van der Waals surface area contributed by atoms with Crippen LogP contribution in [0, 0.1) is 5.41 Å². The maximum absolute atomic E-state index is 5.77. The van der Waals surface area contributed by atoms with E-state index in [2.05, 4.69) is 26.1 Å². The van der Waals surface area contributed by atoms with E-state index in [1.165, 1.54) is 70.8 Å². The van der Waals surface area contributed by atoms with Crippen molar-refractivity contribution in [2.24, 2.45) is 5.41 Å². The van der Waals surface area contributed by atoms with Gasteiger partial charge in [0.15, 0.2) is 0 Å². The van der Waals surface area contributed by atoms with Gasteiger partial charge in [-0.2, -0.15) is 0 Å². The summed E-state index contributed by atoms with van der Waals surface area (Å²) in [6, 6.07) is 0. The summed E-state index contributed by atoms with van der Waals surface area (Å²) in [6.07, 6.45) is 14.4. The first-order valence-electron chi connectivity index (χ1n) is 8.86. The van der Waals surface area contributed by atoms with Crippen molar-refractivity contribution >= 4 is 0 Å². The molecule has 118 valence electrons. The average molecular weight is 281 g/mol. The van der Waals surface area contributed by atoms with Crippen molar-refractivity contribution in [2.45, 2.75) is 96.6 Å². The molecular weight excluding hydrogens is 246 g/mol. The van der Waals surface area contributed by atoms with Gasteiger partial charge in [-0.25, -0.2) is 0 Å². The summed E-state index contributed by atoms with van der Waals surface area (Å²) in [7, 11) is 0. The first-order valence-corrected chi connectivity index (χ1v) is 8.86. The predicted octanol–water partition coefficient (Wildman–Crippen LogP) is 4.67. The Morgan fingerprint density at radius 2 is 1.85 bits per heavy atom. The lowest BCUT2D eigenvalue weighted by molar-refractivity contribution is 0.0906. The standard InChI is InChI=1S/C18H35NO/c1-17(2,3)19-15-18(11-5-4-6-12-18)13-7-9-16-10-8-14-20-16/h16,19H,4-15H2,1-3H3. The van der Waals surface area contributed by atoms with Crippen LogP contribution >= 0.6 is 0 Å². The van der Waals surface area contributed by atoms with Gasteiger partial charge in [0.25, 0.3) is 0 Å². The van der Waals surface area contributed by atoms with E-state index in [4.69, 9.17) is 4.74 Å². The van der Waals surface area contributed by atoms with Crippen LogP contribution in [0.2, 0.25) is 0 Å². The Morgan fingerprint density at radius 3 is 2.45 bits per heavy atom. The molecule has 1 heterocycles. The van der Waals surface area contributed by atoms with E-state index in [1.807, 2.05) is 0 Å². The fourth-order valence-corrected chi connectivity index (χ4v) is 3.85. The van der Waals surface area contributed by atoms with Crippen LogP contribution in [-0.4, -0.2) is 24.8 Å². The van der Waals surface area contributed by atoms with E-state index in [1.54, 1.807) is 0 Å². The van der Waals surface area contributed by atoms with Crippen molar-refractivity contribution in [3.05, 3.63) is 0 Å². The Balaban J connectivity index is 1.79. The second-order valence-electron chi connectivity index (χ2n) is 8.19. The fourth-order valence-electron chi connectivity index (χ4n) is 3.85. The predicted molar refractivity (Wildman–Crippen MR) is 86.1 cm³/mol. The topological polar surface area (TPSA) is 21.3 Å². The fraction of sp³-hybridized carbons (Fsp3) is 1.00. The largest absolute Gasteiger partial charge is 0.378 e. The lowest BCUT2D eigenvalue weighted by atomic mass is 9.70. The van der Waals surface area contributed by atoms with E-state index >= 15 is 0 Å². The van der Waals surface area contributed by atoms with Crippen molar-refractivity contribution in [3.8, 4) is 0 Å². The van der Waals surface area contributed by atoms with Crippen molar-refractivity contribution in [2.75, 3.05) is 13.2 Å². The van der Waals surface area contributed by atoms with Gasteiger partial charge < -0.3 is 10.1 Å². The van der Waals surface area contributed by atoms with E-state index in [0.717, 1.165) is 6.61 Å². The maximum Gasteiger partial charge on any atom is 0.0576 e. The Morgan fingerprint density at radius 1 is 1.10 bits per heavy atom.